The standard InChI is InChI=1S/C12H16BrN5O2/c1-7(11(19)15-3-4-20-2)18-10-9(17-12(18)14)5-8(13)6-16-10/h5-7H,3-4H2,1-2H3,(H2,14,17)(H,15,19). The minimum absolute atomic E-state index is 0.155. The van der Waals surface area contributed by atoms with E-state index in [0.29, 0.717) is 24.3 Å². The van der Waals surface area contributed by atoms with Crippen molar-refractivity contribution in [2.45, 2.75) is 13.0 Å². The van der Waals surface area contributed by atoms with E-state index < -0.39 is 6.04 Å². The second-order valence-corrected chi connectivity index (χ2v) is 5.21. The zero-order valence-electron chi connectivity index (χ0n) is 11.3. The molecule has 1 amide bonds. The van der Waals surface area contributed by atoms with Gasteiger partial charge in [0.05, 0.1) is 6.61 Å². The lowest BCUT2D eigenvalue weighted by molar-refractivity contribution is -0.123. The monoisotopic (exact) mass is 341 g/mol. The van der Waals surface area contributed by atoms with Crippen molar-refractivity contribution in [2.75, 3.05) is 26.0 Å². The van der Waals surface area contributed by atoms with E-state index in [1.165, 1.54) is 0 Å². The molecule has 0 aliphatic carbocycles. The predicted molar refractivity (Wildman–Crippen MR) is 79.2 cm³/mol. The number of nitrogens with one attached hydrogen (secondary N) is 1. The molecular formula is C12H16BrN5O2. The number of nitrogen functional groups attached to an aromatic ring is 1. The van der Waals surface area contributed by atoms with Crippen LogP contribution in [0, 0.1) is 0 Å². The zero-order valence-corrected chi connectivity index (χ0v) is 12.8. The molecule has 0 aliphatic rings. The molecule has 7 nitrogen and oxygen atoms in total. The van der Waals surface area contributed by atoms with Gasteiger partial charge in [-0.2, -0.15) is 0 Å². The molecule has 0 fully saturated rings. The number of ether oxygens (including phenoxy) is 1. The molecule has 1 atom stereocenters. The largest absolute Gasteiger partial charge is 0.383 e. The normalized spacial score (nSPS) is 12.6. The van der Waals surface area contributed by atoms with Crippen molar-refractivity contribution >= 4 is 38.9 Å². The maximum absolute atomic E-state index is 12.1. The van der Waals surface area contributed by atoms with Crippen LogP contribution in [0.4, 0.5) is 5.95 Å². The van der Waals surface area contributed by atoms with Crippen molar-refractivity contribution < 1.29 is 9.53 Å². The van der Waals surface area contributed by atoms with Crippen LogP contribution in [0.15, 0.2) is 16.7 Å². The Morgan fingerprint density at radius 1 is 1.65 bits per heavy atom. The summed E-state index contributed by atoms with van der Waals surface area (Å²) < 4.78 is 7.32. The van der Waals surface area contributed by atoms with Gasteiger partial charge >= 0.3 is 0 Å². The molecule has 0 radical (unpaired) electrons. The van der Waals surface area contributed by atoms with Crippen molar-refractivity contribution in [3.8, 4) is 0 Å². The molecule has 8 heteroatoms. The number of rotatable bonds is 5. The third-order valence-corrected chi connectivity index (χ3v) is 3.33. The van der Waals surface area contributed by atoms with Crippen molar-refractivity contribution in [2.24, 2.45) is 0 Å². The van der Waals surface area contributed by atoms with Crippen LogP contribution in [0.2, 0.25) is 0 Å². The van der Waals surface area contributed by atoms with Gasteiger partial charge in [0.25, 0.3) is 0 Å². The van der Waals surface area contributed by atoms with Gasteiger partial charge in [-0.15, -0.1) is 0 Å². The van der Waals surface area contributed by atoms with E-state index in [1.54, 1.807) is 24.8 Å². The highest BCUT2D eigenvalue weighted by Crippen LogP contribution is 2.23. The molecule has 0 saturated carbocycles. The highest BCUT2D eigenvalue weighted by atomic mass is 79.9. The zero-order chi connectivity index (χ0) is 14.7. The first-order chi connectivity index (χ1) is 9.54. The number of methoxy groups -OCH3 is 1. The van der Waals surface area contributed by atoms with E-state index in [9.17, 15) is 4.79 Å². The van der Waals surface area contributed by atoms with Crippen LogP contribution in [0.5, 0.6) is 0 Å². The second kappa shape index (κ2) is 6.19. The Balaban J connectivity index is 2.27. The van der Waals surface area contributed by atoms with Crippen LogP contribution in [0.3, 0.4) is 0 Å². The number of amides is 1. The van der Waals surface area contributed by atoms with Crippen molar-refractivity contribution in [3.05, 3.63) is 16.7 Å². The lowest BCUT2D eigenvalue weighted by Gasteiger charge is -2.15. The summed E-state index contributed by atoms with van der Waals surface area (Å²) in [5, 5.41) is 2.77. The maximum Gasteiger partial charge on any atom is 0.243 e. The Morgan fingerprint density at radius 3 is 3.10 bits per heavy atom. The summed E-state index contributed by atoms with van der Waals surface area (Å²) >= 11 is 3.33. The second-order valence-electron chi connectivity index (χ2n) is 4.30. The lowest BCUT2D eigenvalue weighted by Crippen LogP contribution is -2.33. The van der Waals surface area contributed by atoms with Crippen molar-refractivity contribution in [3.63, 3.8) is 0 Å². The van der Waals surface area contributed by atoms with E-state index in [1.807, 2.05) is 6.07 Å². The summed E-state index contributed by atoms with van der Waals surface area (Å²) in [6.45, 7) is 2.67. The number of carbonyl (C=O) groups is 1. The fourth-order valence-corrected chi connectivity index (χ4v) is 2.22. The topological polar surface area (TPSA) is 95.1 Å². The number of hydrogen-bond acceptors (Lipinski definition) is 5. The molecule has 0 aliphatic heterocycles. The van der Waals surface area contributed by atoms with Gasteiger partial charge in [-0.05, 0) is 28.9 Å². The number of imidazole rings is 1. The van der Waals surface area contributed by atoms with Gasteiger partial charge in [0.15, 0.2) is 5.65 Å². The van der Waals surface area contributed by atoms with Gasteiger partial charge in [0.1, 0.15) is 11.6 Å². The van der Waals surface area contributed by atoms with Crippen molar-refractivity contribution in [1.29, 1.82) is 0 Å². The molecule has 20 heavy (non-hydrogen) atoms. The SMILES string of the molecule is COCCNC(=O)C(C)n1c(N)nc2cc(Br)cnc21. The van der Waals surface area contributed by atoms with Crippen LogP contribution in [-0.4, -0.2) is 40.7 Å². The van der Waals surface area contributed by atoms with E-state index >= 15 is 0 Å². The van der Waals surface area contributed by atoms with Gasteiger partial charge in [0.2, 0.25) is 11.9 Å². The molecule has 2 heterocycles. The third-order valence-electron chi connectivity index (χ3n) is 2.90. The quantitative estimate of drug-likeness (QED) is 0.794. The molecule has 1 unspecified atom stereocenters. The molecule has 0 saturated heterocycles. The Kier molecular flexibility index (Phi) is 4.56. The Labute approximate surface area is 124 Å². The average molecular weight is 342 g/mol. The van der Waals surface area contributed by atoms with Gasteiger partial charge in [-0.3, -0.25) is 9.36 Å². The summed E-state index contributed by atoms with van der Waals surface area (Å²) in [6, 6.07) is 1.32. The first-order valence-electron chi connectivity index (χ1n) is 6.10. The minimum Gasteiger partial charge on any atom is -0.383 e. The number of fused-ring (bicyclic) bond motifs is 1. The van der Waals surface area contributed by atoms with Gasteiger partial charge in [-0.1, -0.05) is 0 Å². The van der Waals surface area contributed by atoms with Crippen molar-refractivity contribution in [1.82, 2.24) is 19.9 Å². The maximum atomic E-state index is 12.1. The Bertz CT molecular complexity index is 628. The summed E-state index contributed by atoms with van der Waals surface area (Å²) in [7, 11) is 1.58. The average Bonchev–Trinajstić information content (AvgIpc) is 2.73. The molecule has 0 aromatic carbocycles. The third kappa shape index (κ3) is 2.91. The smallest absolute Gasteiger partial charge is 0.243 e. The Hall–Kier alpha value is -1.67. The van der Waals surface area contributed by atoms with E-state index in [-0.39, 0.29) is 11.9 Å². The number of aromatic nitrogens is 3. The summed E-state index contributed by atoms with van der Waals surface area (Å²) in [5.74, 6) is 0.109. The van der Waals surface area contributed by atoms with Crippen LogP contribution in [0.25, 0.3) is 11.2 Å². The number of halogens is 1. The first-order valence-corrected chi connectivity index (χ1v) is 6.89. The van der Waals surface area contributed by atoms with E-state index in [0.717, 1.165) is 4.47 Å². The number of hydrogen-bond donors (Lipinski definition) is 2. The van der Waals surface area contributed by atoms with Gasteiger partial charge < -0.3 is 15.8 Å². The molecule has 2 aromatic rings. The summed E-state index contributed by atoms with van der Waals surface area (Å²) in [5.41, 5.74) is 7.12. The molecule has 0 spiro atoms. The number of anilines is 1. The number of nitrogens with two attached hydrogens (primary N) is 1. The van der Waals surface area contributed by atoms with Crippen LogP contribution >= 0.6 is 15.9 Å². The highest BCUT2D eigenvalue weighted by molar-refractivity contribution is 9.10. The molecule has 2 rings (SSSR count). The summed E-state index contributed by atoms with van der Waals surface area (Å²) in [4.78, 5) is 20.6. The number of carbonyl (C=O) groups excluding carboxylic acids is 1. The van der Waals surface area contributed by atoms with Gasteiger partial charge in [0, 0.05) is 24.3 Å². The fourth-order valence-electron chi connectivity index (χ4n) is 1.90. The summed E-state index contributed by atoms with van der Waals surface area (Å²) in [6.07, 6.45) is 1.65. The van der Waals surface area contributed by atoms with Gasteiger partial charge in [-0.25, -0.2) is 9.97 Å². The highest BCUT2D eigenvalue weighted by Gasteiger charge is 2.21. The molecule has 3 N–H and O–H groups in total. The minimum atomic E-state index is -0.495. The molecule has 108 valence electrons. The Morgan fingerprint density at radius 2 is 2.40 bits per heavy atom. The van der Waals surface area contributed by atoms with Crippen LogP contribution in [-0.2, 0) is 9.53 Å². The fraction of sp³-hybridized carbons (Fsp3) is 0.417. The first kappa shape index (κ1) is 14.7. The molecular weight excluding hydrogens is 326 g/mol. The number of nitrogens with zero attached hydrogens (tertiary/aromatic N) is 3. The van der Waals surface area contributed by atoms with Crippen LogP contribution in [0.1, 0.15) is 13.0 Å². The predicted octanol–water partition coefficient (Wildman–Crippen LogP) is 1.10. The van der Waals surface area contributed by atoms with E-state index in [2.05, 4.69) is 31.2 Å². The molecule has 2 aromatic heterocycles. The lowest BCUT2D eigenvalue weighted by atomic mass is 10.3. The number of pyridine rings is 1. The van der Waals surface area contributed by atoms with E-state index in [4.69, 9.17) is 10.5 Å². The molecule has 0 bridgehead atoms. The van der Waals surface area contributed by atoms with Crippen LogP contribution < -0.4 is 11.1 Å².